The largest absolute Gasteiger partial charge is 0.454 e. The van der Waals surface area contributed by atoms with Crippen LogP contribution in [0.2, 0.25) is 0 Å². The zero-order valence-electron chi connectivity index (χ0n) is 17.9. The molecule has 168 valence electrons. The average molecular weight is 447 g/mol. The van der Waals surface area contributed by atoms with Crippen LogP contribution in [0.3, 0.4) is 0 Å². The molecule has 2 aromatic carbocycles. The van der Waals surface area contributed by atoms with E-state index in [0.29, 0.717) is 29.4 Å². The van der Waals surface area contributed by atoms with E-state index < -0.39 is 23.7 Å². The lowest BCUT2D eigenvalue weighted by Gasteiger charge is -2.13. The topological polar surface area (TPSA) is 109 Å². The number of amides is 1. The minimum absolute atomic E-state index is 0.119. The van der Waals surface area contributed by atoms with Crippen LogP contribution in [-0.2, 0) is 24.4 Å². The van der Waals surface area contributed by atoms with E-state index in [9.17, 15) is 14.4 Å². The van der Waals surface area contributed by atoms with Gasteiger partial charge in [0.1, 0.15) is 6.54 Å². The minimum Gasteiger partial charge on any atom is -0.454 e. The number of carbonyl (C=O) groups is 1. The number of nitrogens with one attached hydrogen (secondary N) is 1. The molecule has 0 bridgehead atoms. The molecular formula is C23H21N5O5. The predicted molar refractivity (Wildman–Crippen MR) is 121 cm³/mol. The second-order valence-electron chi connectivity index (χ2n) is 7.56. The minimum atomic E-state index is -0.599. The third-order valence-electron chi connectivity index (χ3n) is 5.47. The molecule has 1 N–H and O–H groups in total. The smallest absolute Gasteiger partial charge is 0.333 e. The van der Waals surface area contributed by atoms with Crippen LogP contribution in [-0.4, -0.2) is 31.4 Å². The number of benzene rings is 2. The van der Waals surface area contributed by atoms with Gasteiger partial charge < -0.3 is 19.4 Å². The molecule has 5 rings (SSSR count). The van der Waals surface area contributed by atoms with Gasteiger partial charge >= 0.3 is 5.69 Å². The fourth-order valence-electron chi connectivity index (χ4n) is 3.84. The Morgan fingerprint density at radius 2 is 1.85 bits per heavy atom. The standard InChI is InChI=1S/C23H21N5O5/c1-2-26-13-24-21-20(26)22(30)28(23(31)27(21)11-15-6-4-3-5-7-15)12-19(29)25-16-8-9-17-18(10-16)33-14-32-17/h3-10,13H,2,11-12,14H2,1H3,(H,25,29). The first-order valence-electron chi connectivity index (χ1n) is 10.5. The van der Waals surface area contributed by atoms with Crippen molar-refractivity contribution in [3.8, 4) is 11.5 Å². The van der Waals surface area contributed by atoms with Crippen molar-refractivity contribution in [2.24, 2.45) is 0 Å². The SMILES string of the molecule is CCn1cnc2c1c(=O)n(CC(=O)Nc1ccc3c(c1)OCO3)c(=O)n2Cc1ccccc1. The van der Waals surface area contributed by atoms with Gasteiger partial charge in [0.25, 0.3) is 5.56 Å². The number of imidazole rings is 1. The summed E-state index contributed by atoms with van der Waals surface area (Å²) >= 11 is 0. The van der Waals surface area contributed by atoms with Crippen molar-refractivity contribution in [3.05, 3.63) is 81.3 Å². The molecule has 0 saturated heterocycles. The van der Waals surface area contributed by atoms with Crippen molar-refractivity contribution < 1.29 is 14.3 Å². The maximum atomic E-state index is 13.3. The Balaban J connectivity index is 1.52. The van der Waals surface area contributed by atoms with Crippen LogP contribution in [0.1, 0.15) is 12.5 Å². The van der Waals surface area contributed by atoms with Crippen molar-refractivity contribution >= 4 is 22.8 Å². The zero-order valence-corrected chi connectivity index (χ0v) is 17.9. The Morgan fingerprint density at radius 3 is 2.64 bits per heavy atom. The highest BCUT2D eigenvalue weighted by molar-refractivity contribution is 5.91. The molecule has 4 aromatic rings. The van der Waals surface area contributed by atoms with Gasteiger partial charge in [0.15, 0.2) is 22.7 Å². The maximum Gasteiger partial charge on any atom is 0.333 e. The molecule has 2 aromatic heterocycles. The molecule has 1 aliphatic rings. The molecule has 0 atom stereocenters. The number of aromatic nitrogens is 4. The van der Waals surface area contributed by atoms with Gasteiger partial charge in [0.05, 0.1) is 12.9 Å². The number of nitrogens with zero attached hydrogens (tertiary/aromatic N) is 4. The number of carbonyl (C=O) groups excluding carboxylic acids is 1. The highest BCUT2D eigenvalue weighted by Crippen LogP contribution is 2.34. The Bertz CT molecular complexity index is 1470. The van der Waals surface area contributed by atoms with Crippen LogP contribution < -0.4 is 26.0 Å². The number of ether oxygens (including phenoxy) is 2. The first-order chi connectivity index (χ1) is 16.0. The molecule has 0 aliphatic carbocycles. The predicted octanol–water partition coefficient (Wildman–Crippen LogP) is 1.80. The molecule has 0 radical (unpaired) electrons. The summed E-state index contributed by atoms with van der Waals surface area (Å²) in [5, 5.41) is 2.71. The van der Waals surface area contributed by atoms with Crippen LogP contribution in [0.15, 0.2) is 64.4 Å². The van der Waals surface area contributed by atoms with Crippen molar-refractivity contribution in [2.45, 2.75) is 26.6 Å². The molecule has 10 nitrogen and oxygen atoms in total. The van der Waals surface area contributed by atoms with E-state index in [1.165, 1.54) is 10.9 Å². The number of aryl methyl sites for hydroxylation is 1. The Hall–Kier alpha value is -4.34. The number of hydrogen-bond acceptors (Lipinski definition) is 6. The van der Waals surface area contributed by atoms with Crippen LogP contribution >= 0.6 is 0 Å². The quantitative estimate of drug-likeness (QED) is 0.483. The molecule has 0 fully saturated rings. The third kappa shape index (κ3) is 3.75. The zero-order chi connectivity index (χ0) is 22.9. The van der Waals surface area contributed by atoms with Gasteiger partial charge in [-0.25, -0.2) is 14.3 Å². The van der Waals surface area contributed by atoms with Gasteiger partial charge in [-0.1, -0.05) is 30.3 Å². The average Bonchev–Trinajstić information content (AvgIpc) is 3.47. The lowest BCUT2D eigenvalue weighted by Crippen LogP contribution is -2.43. The molecule has 1 amide bonds. The van der Waals surface area contributed by atoms with E-state index >= 15 is 0 Å². The molecule has 1 aliphatic heterocycles. The van der Waals surface area contributed by atoms with E-state index in [1.54, 1.807) is 22.8 Å². The van der Waals surface area contributed by atoms with Crippen LogP contribution in [0.4, 0.5) is 5.69 Å². The number of hydrogen-bond donors (Lipinski definition) is 1. The Kier molecular flexibility index (Phi) is 5.17. The third-order valence-corrected chi connectivity index (χ3v) is 5.47. The first kappa shape index (κ1) is 20.6. The van der Waals surface area contributed by atoms with Gasteiger partial charge in [-0.2, -0.15) is 0 Å². The van der Waals surface area contributed by atoms with Crippen molar-refractivity contribution in [2.75, 3.05) is 12.1 Å². The molecule has 10 heteroatoms. The molecule has 0 unspecified atom stereocenters. The van der Waals surface area contributed by atoms with Crippen molar-refractivity contribution in [3.63, 3.8) is 0 Å². The van der Waals surface area contributed by atoms with Gasteiger partial charge in [0, 0.05) is 18.3 Å². The van der Waals surface area contributed by atoms with Crippen LogP contribution in [0.25, 0.3) is 11.2 Å². The van der Waals surface area contributed by atoms with E-state index in [0.717, 1.165) is 10.1 Å². The number of anilines is 1. The van der Waals surface area contributed by atoms with Gasteiger partial charge in [0.2, 0.25) is 12.7 Å². The van der Waals surface area contributed by atoms with Crippen molar-refractivity contribution in [1.82, 2.24) is 18.7 Å². The second kappa shape index (κ2) is 8.30. The number of fused-ring (bicyclic) bond motifs is 2. The van der Waals surface area contributed by atoms with E-state index in [1.807, 2.05) is 37.3 Å². The highest BCUT2D eigenvalue weighted by Gasteiger charge is 2.20. The van der Waals surface area contributed by atoms with Crippen molar-refractivity contribution in [1.29, 1.82) is 0 Å². The van der Waals surface area contributed by atoms with Gasteiger partial charge in [-0.05, 0) is 24.6 Å². The Morgan fingerprint density at radius 1 is 1.06 bits per heavy atom. The fourth-order valence-corrected chi connectivity index (χ4v) is 3.84. The monoisotopic (exact) mass is 447 g/mol. The maximum absolute atomic E-state index is 13.3. The molecular weight excluding hydrogens is 426 g/mol. The van der Waals surface area contributed by atoms with Gasteiger partial charge in [-0.15, -0.1) is 0 Å². The Labute approximate surface area is 187 Å². The lowest BCUT2D eigenvalue weighted by atomic mass is 10.2. The summed E-state index contributed by atoms with van der Waals surface area (Å²) in [6, 6.07) is 14.4. The van der Waals surface area contributed by atoms with Crippen LogP contribution in [0, 0.1) is 0 Å². The summed E-state index contributed by atoms with van der Waals surface area (Å²) in [6.45, 7) is 2.28. The first-order valence-corrected chi connectivity index (χ1v) is 10.5. The summed E-state index contributed by atoms with van der Waals surface area (Å²) in [7, 11) is 0. The summed E-state index contributed by atoms with van der Waals surface area (Å²) in [4.78, 5) is 43.6. The summed E-state index contributed by atoms with van der Waals surface area (Å²) in [6.07, 6.45) is 1.53. The molecule has 3 heterocycles. The number of rotatable bonds is 6. The molecule has 0 saturated carbocycles. The van der Waals surface area contributed by atoms with Crippen LogP contribution in [0.5, 0.6) is 11.5 Å². The highest BCUT2D eigenvalue weighted by atomic mass is 16.7. The van der Waals surface area contributed by atoms with E-state index in [4.69, 9.17) is 9.47 Å². The summed E-state index contributed by atoms with van der Waals surface area (Å²) in [5.74, 6) is 0.594. The molecule has 33 heavy (non-hydrogen) atoms. The normalized spacial score (nSPS) is 12.3. The lowest BCUT2D eigenvalue weighted by molar-refractivity contribution is -0.116. The van der Waals surface area contributed by atoms with E-state index in [2.05, 4.69) is 10.3 Å². The molecule has 0 spiro atoms. The summed E-state index contributed by atoms with van der Waals surface area (Å²) < 4.78 is 14.6. The second-order valence-corrected chi connectivity index (χ2v) is 7.56. The van der Waals surface area contributed by atoms with E-state index in [-0.39, 0.29) is 18.9 Å². The summed E-state index contributed by atoms with van der Waals surface area (Å²) in [5.41, 5.74) is 0.772. The fraction of sp³-hybridized carbons (Fsp3) is 0.217. The van der Waals surface area contributed by atoms with Gasteiger partial charge in [-0.3, -0.25) is 14.2 Å².